The van der Waals surface area contributed by atoms with Crippen LogP contribution in [-0.4, -0.2) is 11.7 Å². The number of benzene rings is 1. The minimum atomic E-state index is -0.645. The molecule has 2 rings (SSSR count). The quantitative estimate of drug-likeness (QED) is 0.912. The summed E-state index contributed by atoms with van der Waals surface area (Å²) < 4.78 is 5.96. The highest BCUT2D eigenvalue weighted by molar-refractivity contribution is 9.10. The van der Waals surface area contributed by atoms with Crippen LogP contribution in [0.4, 0.5) is 0 Å². The van der Waals surface area contributed by atoms with Crippen LogP contribution in [0.15, 0.2) is 51.7 Å². The summed E-state index contributed by atoms with van der Waals surface area (Å²) in [5.74, 6) is -0.134. The molecule has 90 valence electrons. The maximum absolute atomic E-state index is 10.3. The molecule has 0 aliphatic carbocycles. The molecule has 2 atom stereocenters. The Morgan fingerprint density at radius 1 is 1.29 bits per heavy atom. The fourth-order valence-electron chi connectivity index (χ4n) is 1.86. The second-order valence-corrected chi connectivity index (χ2v) is 4.81. The first-order chi connectivity index (χ1) is 8.22. The third-order valence-corrected chi connectivity index (χ3v) is 3.29. The Bertz CT molecular complexity index is 470. The lowest BCUT2D eigenvalue weighted by Gasteiger charge is -2.21. The Hall–Kier alpha value is -1.10. The standard InChI is InChI=1S/C13H14BrNO2/c14-11-3-1-2-9(6-11)12(7-15)13(16)10-4-5-17-8-10/h1-6,8,12-13,16H,7,15H2. The van der Waals surface area contributed by atoms with E-state index in [-0.39, 0.29) is 5.92 Å². The number of furan rings is 1. The van der Waals surface area contributed by atoms with Crippen molar-refractivity contribution >= 4 is 15.9 Å². The summed E-state index contributed by atoms with van der Waals surface area (Å²) in [5.41, 5.74) is 7.52. The second kappa shape index (κ2) is 5.49. The first-order valence-electron chi connectivity index (χ1n) is 5.38. The predicted molar refractivity (Wildman–Crippen MR) is 69.6 cm³/mol. The summed E-state index contributed by atoms with van der Waals surface area (Å²) >= 11 is 3.42. The Morgan fingerprint density at radius 3 is 2.71 bits per heavy atom. The van der Waals surface area contributed by atoms with Crippen molar-refractivity contribution in [2.45, 2.75) is 12.0 Å². The summed E-state index contributed by atoms with van der Waals surface area (Å²) in [6.45, 7) is 0.378. The van der Waals surface area contributed by atoms with Crippen molar-refractivity contribution in [3.63, 3.8) is 0 Å². The van der Waals surface area contributed by atoms with Crippen molar-refractivity contribution in [1.29, 1.82) is 0 Å². The van der Waals surface area contributed by atoms with Crippen molar-refractivity contribution in [1.82, 2.24) is 0 Å². The Kier molecular flexibility index (Phi) is 3.99. The largest absolute Gasteiger partial charge is 0.472 e. The van der Waals surface area contributed by atoms with Gasteiger partial charge in [-0.25, -0.2) is 0 Å². The molecule has 17 heavy (non-hydrogen) atoms. The van der Waals surface area contributed by atoms with E-state index < -0.39 is 6.10 Å². The first-order valence-corrected chi connectivity index (χ1v) is 6.17. The lowest BCUT2D eigenvalue weighted by Crippen LogP contribution is -2.19. The van der Waals surface area contributed by atoms with Gasteiger partial charge in [0.25, 0.3) is 0 Å². The molecule has 0 bridgehead atoms. The number of aliphatic hydroxyl groups is 1. The van der Waals surface area contributed by atoms with Gasteiger partial charge in [0.15, 0.2) is 0 Å². The van der Waals surface area contributed by atoms with E-state index in [0.717, 1.165) is 15.6 Å². The van der Waals surface area contributed by atoms with Crippen molar-refractivity contribution < 1.29 is 9.52 Å². The molecule has 1 aromatic carbocycles. The van der Waals surface area contributed by atoms with Crippen LogP contribution >= 0.6 is 15.9 Å². The zero-order chi connectivity index (χ0) is 12.3. The topological polar surface area (TPSA) is 59.4 Å². The molecule has 0 saturated heterocycles. The number of hydrogen-bond acceptors (Lipinski definition) is 3. The highest BCUT2D eigenvalue weighted by atomic mass is 79.9. The second-order valence-electron chi connectivity index (χ2n) is 3.90. The van der Waals surface area contributed by atoms with Gasteiger partial charge in [0.2, 0.25) is 0 Å². The van der Waals surface area contributed by atoms with Crippen LogP contribution in [0.3, 0.4) is 0 Å². The number of aliphatic hydroxyl groups excluding tert-OH is 1. The van der Waals surface area contributed by atoms with E-state index in [1.165, 1.54) is 0 Å². The molecule has 2 unspecified atom stereocenters. The maximum Gasteiger partial charge on any atom is 0.0960 e. The number of hydrogen-bond donors (Lipinski definition) is 2. The zero-order valence-electron chi connectivity index (χ0n) is 9.21. The summed E-state index contributed by atoms with van der Waals surface area (Å²) in [5, 5.41) is 10.3. The Balaban J connectivity index is 2.27. The summed E-state index contributed by atoms with van der Waals surface area (Å²) in [6, 6.07) is 9.57. The van der Waals surface area contributed by atoms with E-state index in [9.17, 15) is 5.11 Å². The monoisotopic (exact) mass is 295 g/mol. The predicted octanol–water partition coefficient (Wildman–Crippen LogP) is 2.82. The van der Waals surface area contributed by atoms with Gasteiger partial charge in [-0.1, -0.05) is 28.1 Å². The van der Waals surface area contributed by atoms with Crippen LogP contribution in [0.5, 0.6) is 0 Å². The van der Waals surface area contributed by atoms with E-state index in [2.05, 4.69) is 15.9 Å². The summed E-state index contributed by atoms with van der Waals surface area (Å²) in [4.78, 5) is 0. The number of nitrogens with two attached hydrogens (primary N) is 1. The van der Waals surface area contributed by atoms with E-state index in [4.69, 9.17) is 10.2 Å². The van der Waals surface area contributed by atoms with Crippen LogP contribution < -0.4 is 5.73 Å². The van der Waals surface area contributed by atoms with Gasteiger partial charge in [0.1, 0.15) is 0 Å². The van der Waals surface area contributed by atoms with Gasteiger partial charge in [-0.3, -0.25) is 0 Å². The van der Waals surface area contributed by atoms with Crippen LogP contribution in [0.1, 0.15) is 23.1 Å². The normalized spacial score (nSPS) is 14.5. The van der Waals surface area contributed by atoms with Gasteiger partial charge in [-0.15, -0.1) is 0 Å². The average Bonchev–Trinajstić information content (AvgIpc) is 2.83. The molecule has 1 aromatic heterocycles. The number of rotatable bonds is 4. The minimum Gasteiger partial charge on any atom is -0.472 e. The lowest BCUT2D eigenvalue weighted by molar-refractivity contribution is 0.146. The third-order valence-electron chi connectivity index (χ3n) is 2.80. The molecule has 0 saturated carbocycles. The van der Waals surface area contributed by atoms with Gasteiger partial charge < -0.3 is 15.3 Å². The fourth-order valence-corrected chi connectivity index (χ4v) is 2.28. The maximum atomic E-state index is 10.3. The van der Waals surface area contributed by atoms with Gasteiger partial charge in [0, 0.05) is 22.5 Å². The summed E-state index contributed by atoms with van der Waals surface area (Å²) in [6.07, 6.45) is 2.45. The first kappa shape index (κ1) is 12.4. The highest BCUT2D eigenvalue weighted by Gasteiger charge is 2.22. The van der Waals surface area contributed by atoms with Gasteiger partial charge in [-0.2, -0.15) is 0 Å². The number of halogens is 1. The highest BCUT2D eigenvalue weighted by Crippen LogP contribution is 2.31. The van der Waals surface area contributed by atoms with Gasteiger partial charge in [-0.05, 0) is 23.8 Å². The van der Waals surface area contributed by atoms with Crippen molar-refractivity contribution in [2.75, 3.05) is 6.54 Å². The van der Waals surface area contributed by atoms with Crippen LogP contribution in [0.2, 0.25) is 0 Å². The van der Waals surface area contributed by atoms with E-state index in [1.807, 2.05) is 24.3 Å². The SMILES string of the molecule is NCC(c1cccc(Br)c1)C(O)c1ccoc1. The van der Waals surface area contributed by atoms with Crippen LogP contribution in [-0.2, 0) is 0 Å². The third kappa shape index (κ3) is 2.77. The van der Waals surface area contributed by atoms with Gasteiger partial charge in [0.05, 0.1) is 18.6 Å². The smallest absolute Gasteiger partial charge is 0.0960 e. The molecule has 2 aromatic rings. The molecule has 3 N–H and O–H groups in total. The molecule has 0 radical (unpaired) electrons. The van der Waals surface area contributed by atoms with E-state index in [0.29, 0.717) is 6.54 Å². The van der Waals surface area contributed by atoms with Gasteiger partial charge >= 0.3 is 0 Å². The Labute approximate surface area is 108 Å². The molecular weight excluding hydrogens is 282 g/mol. The zero-order valence-corrected chi connectivity index (χ0v) is 10.8. The molecule has 0 aliphatic heterocycles. The van der Waals surface area contributed by atoms with E-state index >= 15 is 0 Å². The molecule has 0 spiro atoms. The van der Waals surface area contributed by atoms with Crippen LogP contribution in [0, 0.1) is 0 Å². The molecule has 0 aliphatic rings. The minimum absolute atomic E-state index is 0.134. The molecule has 1 heterocycles. The van der Waals surface area contributed by atoms with Crippen molar-refractivity contribution in [2.24, 2.45) is 5.73 Å². The molecule has 0 fully saturated rings. The van der Waals surface area contributed by atoms with Crippen LogP contribution in [0.25, 0.3) is 0 Å². The summed E-state index contributed by atoms with van der Waals surface area (Å²) in [7, 11) is 0. The fraction of sp³-hybridized carbons (Fsp3) is 0.231. The molecule has 3 nitrogen and oxygen atoms in total. The lowest BCUT2D eigenvalue weighted by atomic mass is 9.90. The Morgan fingerprint density at radius 2 is 2.12 bits per heavy atom. The van der Waals surface area contributed by atoms with Crippen molar-refractivity contribution in [3.8, 4) is 0 Å². The molecule has 4 heteroatoms. The van der Waals surface area contributed by atoms with E-state index in [1.54, 1.807) is 18.6 Å². The van der Waals surface area contributed by atoms with Crippen molar-refractivity contribution in [3.05, 3.63) is 58.5 Å². The molecule has 0 amide bonds. The average molecular weight is 296 g/mol. The molecular formula is C13H14BrNO2.